The molecule has 1 atom stereocenters. The molecule has 0 saturated heterocycles. The second-order valence-electron chi connectivity index (χ2n) is 2.55. The normalized spacial score (nSPS) is 24.2. The fourth-order valence-electron chi connectivity index (χ4n) is 0.985. The molecule has 2 nitrogen and oxygen atoms in total. The third-order valence-electron chi connectivity index (χ3n) is 1.67. The second-order valence-corrected chi connectivity index (χ2v) is 3.36. The summed E-state index contributed by atoms with van der Waals surface area (Å²) in [5.41, 5.74) is 0. The Kier molecular flexibility index (Phi) is 3.19. The number of hydrogen-bond donors (Lipinski definition) is 0. The summed E-state index contributed by atoms with van der Waals surface area (Å²) in [6.07, 6.45) is 3.70. The first kappa shape index (κ1) is 8.05. The molecule has 0 aromatic heterocycles. The van der Waals surface area contributed by atoms with E-state index in [1.807, 2.05) is 0 Å². The van der Waals surface area contributed by atoms with Crippen LogP contribution in [0.2, 0.25) is 0 Å². The molecule has 0 spiro atoms. The van der Waals surface area contributed by atoms with E-state index >= 15 is 0 Å². The molecule has 0 aromatic rings. The van der Waals surface area contributed by atoms with Crippen molar-refractivity contribution < 1.29 is 4.84 Å². The second kappa shape index (κ2) is 3.96. The topological polar surface area (TPSA) is 21.6 Å². The van der Waals surface area contributed by atoms with E-state index in [2.05, 4.69) is 28.0 Å². The Bertz CT molecular complexity index is 136. The van der Waals surface area contributed by atoms with Gasteiger partial charge in [0.25, 0.3) is 0 Å². The van der Waals surface area contributed by atoms with E-state index in [1.54, 1.807) is 0 Å². The molecule has 0 N–H and O–H groups in total. The summed E-state index contributed by atoms with van der Waals surface area (Å²) in [5, 5.41) is 3.80. The Labute approximate surface area is 69.8 Å². The van der Waals surface area contributed by atoms with Gasteiger partial charge in [-0.25, -0.2) is 0 Å². The smallest absolute Gasteiger partial charge is 0.129 e. The molecule has 1 unspecified atom stereocenters. The van der Waals surface area contributed by atoms with Gasteiger partial charge in [-0.05, 0) is 22.4 Å². The van der Waals surface area contributed by atoms with Crippen molar-refractivity contribution in [3.8, 4) is 0 Å². The molecule has 0 amide bonds. The van der Waals surface area contributed by atoms with E-state index in [4.69, 9.17) is 4.84 Å². The molecule has 0 fully saturated rings. The summed E-state index contributed by atoms with van der Waals surface area (Å²) in [5.74, 6) is 0.528. The lowest BCUT2D eigenvalue weighted by atomic mass is 10.1. The summed E-state index contributed by atoms with van der Waals surface area (Å²) in [6, 6.07) is 0. The largest absolute Gasteiger partial charge is 0.394 e. The van der Waals surface area contributed by atoms with Crippen molar-refractivity contribution in [1.82, 2.24) is 0 Å². The highest BCUT2D eigenvalue weighted by atomic mass is 79.9. The van der Waals surface area contributed by atoms with Gasteiger partial charge in [0.05, 0.1) is 0 Å². The number of oxime groups is 1. The van der Waals surface area contributed by atoms with Crippen LogP contribution in [0, 0.1) is 5.92 Å². The number of nitrogens with zero attached hydrogens (tertiary/aromatic N) is 1. The van der Waals surface area contributed by atoms with Crippen LogP contribution in [0.4, 0.5) is 0 Å². The maximum absolute atomic E-state index is 4.91. The van der Waals surface area contributed by atoms with Crippen LogP contribution in [0.1, 0.15) is 26.2 Å². The van der Waals surface area contributed by atoms with Gasteiger partial charge in [0, 0.05) is 5.92 Å². The predicted molar refractivity (Wildman–Crippen MR) is 45.3 cm³/mol. The Balaban J connectivity index is 2.22. The van der Waals surface area contributed by atoms with Crippen LogP contribution in [-0.2, 0) is 4.84 Å². The molecule has 1 heterocycles. The van der Waals surface area contributed by atoms with E-state index in [9.17, 15) is 0 Å². The number of hydrogen-bond acceptors (Lipinski definition) is 2. The van der Waals surface area contributed by atoms with Crippen LogP contribution in [0.3, 0.4) is 0 Å². The van der Waals surface area contributed by atoms with Crippen LogP contribution in [0.5, 0.6) is 0 Å². The van der Waals surface area contributed by atoms with E-state index in [1.165, 1.54) is 19.3 Å². The van der Waals surface area contributed by atoms with Crippen LogP contribution >= 0.6 is 15.9 Å². The lowest BCUT2D eigenvalue weighted by Crippen LogP contribution is -2.06. The minimum absolute atomic E-state index is 0.528. The third kappa shape index (κ3) is 1.97. The first-order valence-corrected chi connectivity index (χ1v) is 4.49. The van der Waals surface area contributed by atoms with E-state index in [-0.39, 0.29) is 0 Å². The van der Waals surface area contributed by atoms with Gasteiger partial charge in [0.15, 0.2) is 0 Å². The van der Waals surface area contributed by atoms with Gasteiger partial charge < -0.3 is 4.84 Å². The molecular formula is C7H12BrNO. The minimum Gasteiger partial charge on any atom is -0.394 e. The summed E-state index contributed by atoms with van der Waals surface area (Å²) in [7, 11) is 0. The molecular weight excluding hydrogens is 194 g/mol. The molecule has 58 valence electrons. The van der Waals surface area contributed by atoms with Gasteiger partial charge in [-0.2, -0.15) is 0 Å². The molecule has 3 heteroatoms. The highest BCUT2D eigenvalue weighted by Crippen LogP contribution is 2.20. The van der Waals surface area contributed by atoms with Crippen molar-refractivity contribution in [2.45, 2.75) is 26.2 Å². The molecule has 0 radical (unpaired) electrons. The Morgan fingerprint density at radius 3 is 3.10 bits per heavy atom. The van der Waals surface area contributed by atoms with Crippen LogP contribution < -0.4 is 0 Å². The Morgan fingerprint density at radius 1 is 1.80 bits per heavy atom. The number of unbranched alkanes of at least 4 members (excludes halogenated alkanes) is 1. The van der Waals surface area contributed by atoms with Crippen LogP contribution in [0.15, 0.2) is 5.16 Å². The zero-order valence-electron chi connectivity index (χ0n) is 6.14. The van der Waals surface area contributed by atoms with Crippen molar-refractivity contribution in [3.63, 3.8) is 0 Å². The molecule has 1 rings (SSSR count). The van der Waals surface area contributed by atoms with Gasteiger partial charge in [-0.3, -0.25) is 0 Å². The fraction of sp³-hybridized carbons (Fsp3) is 0.857. The monoisotopic (exact) mass is 205 g/mol. The summed E-state index contributed by atoms with van der Waals surface area (Å²) < 4.78 is 0.987. The average molecular weight is 206 g/mol. The SMILES string of the molecule is CCCCC1CON=C1Br. The Morgan fingerprint density at radius 2 is 2.60 bits per heavy atom. The zero-order valence-corrected chi connectivity index (χ0v) is 7.73. The first-order valence-electron chi connectivity index (χ1n) is 3.70. The van der Waals surface area contributed by atoms with Gasteiger partial charge in [-0.1, -0.05) is 24.9 Å². The molecule has 1 aliphatic heterocycles. The van der Waals surface area contributed by atoms with Crippen molar-refractivity contribution in [2.75, 3.05) is 6.61 Å². The van der Waals surface area contributed by atoms with Crippen molar-refractivity contribution >= 4 is 20.6 Å². The van der Waals surface area contributed by atoms with Crippen molar-refractivity contribution in [3.05, 3.63) is 0 Å². The molecule has 10 heavy (non-hydrogen) atoms. The van der Waals surface area contributed by atoms with Crippen molar-refractivity contribution in [2.24, 2.45) is 11.1 Å². The van der Waals surface area contributed by atoms with Gasteiger partial charge in [-0.15, -0.1) is 0 Å². The minimum atomic E-state index is 0.528. The Hall–Kier alpha value is -0.0500. The molecule has 0 saturated carbocycles. The van der Waals surface area contributed by atoms with Gasteiger partial charge in [0.2, 0.25) is 0 Å². The maximum atomic E-state index is 4.91. The van der Waals surface area contributed by atoms with E-state index in [0.29, 0.717) is 5.92 Å². The van der Waals surface area contributed by atoms with Gasteiger partial charge in [0.1, 0.15) is 11.2 Å². The van der Waals surface area contributed by atoms with Crippen molar-refractivity contribution in [1.29, 1.82) is 0 Å². The average Bonchev–Trinajstić information content (AvgIpc) is 2.31. The summed E-state index contributed by atoms with van der Waals surface area (Å²) in [4.78, 5) is 4.91. The lowest BCUT2D eigenvalue weighted by molar-refractivity contribution is 0.152. The quantitative estimate of drug-likeness (QED) is 0.695. The predicted octanol–water partition coefficient (Wildman–Crippen LogP) is 2.53. The highest BCUT2D eigenvalue weighted by Gasteiger charge is 2.19. The molecule has 0 bridgehead atoms. The fourth-order valence-corrected chi connectivity index (χ4v) is 1.45. The number of halogens is 1. The number of rotatable bonds is 3. The lowest BCUT2D eigenvalue weighted by Gasteiger charge is -2.03. The maximum Gasteiger partial charge on any atom is 0.129 e. The van der Waals surface area contributed by atoms with Gasteiger partial charge >= 0.3 is 0 Å². The standard InChI is InChI=1S/C7H12BrNO/c1-2-3-4-6-5-10-9-7(6)8/h6H,2-5H2,1H3. The summed E-state index contributed by atoms with van der Waals surface area (Å²) >= 11 is 3.36. The highest BCUT2D eigenvalue weighted by molar-refractivity contribution is 9.18. The zero-order chi connectivity index (χ0) is 7.40. The van der Waals surface area contributed by atoms with E-state index < -0.39 is 0 Å². The van der Waals surface area contributed by atoms with Crippen LogP contribution in [-0.4, -0.2) is 11.2 Å². The summed E-state index contributed by atoms with van der Waals surface area (Å²) in [6.45, 7) is 2.96. The van der Waals surface area contributed by atoms with E-state index in [0.717, 1.165) is 11.2 Å². The first-order chi connectivity index (χ1) is 4.84. The molecule has 1 aliphatic rings. The molecule has 0 aliphatic carbocycles. The molecule has 0 aromatic carbocycles. The third-order valence-corrected chi connectivity index (χ3v) is 2.46. The van der Waals surface area contributed by atoms with Crippen LogP contribution in [0.25, 0.3) is 0 Å².